The largest absolute Gasteiger partial charge is 0.259 e. The van der Waals surface area contributed by atoms with Gasteiger partial charge in [-0.2, -0.15) is 4.40 Å². The summed E-state index contributed by atoms with van der Waals surface area (Å²) in [6.45, 7) is 25.4. The maximum atomic E-state index is 2.60. The molecule has 2 nitrogen and oxygen atoms in total. The first-order chi connectivity index (χ1) is 12.4. The molecule has 0 bridgehead atoms. The molecule has 28 heavy (non-hydrogen) atoms. The summed E-state index contributed by atoms with van der Waals surface area (Å²) in [6, 6.07) is 0. The van der Waals surface area contributed by atoms with Crippen LogP contribution in [0.15, 0.2) is 0 Å². The molecular formula is C26H37N2+. The number of pyridine rings is 1. The highest BCUT2D eigenvalue weighted by Gasteiger charge is 2.48. The molecule has 0 amide bonds. The molecule has 1 aliphatic rings. The Kier molecular flexibility index (Phi) is 4.39. The van der Waals surface area contributed by atoms with E-state index in [1.807, 2.05) is 0 Å². The van der Waals surface area contributed by atoms with E-state index in [1.165, 1.54) is 72.8 Å². The van der Waals surface area contributed by atoms with Gasteiger partial charge in [0.05, 0.1) is 0 Å². The van der Waals surface area contributed by atoms with Crippen LogP contribution in [0.25, 0.3) is 16.8 Å². The van der Waals surface area contributed by atoms with Crippen molar-refractivity contribution in [3.8, 4) is 11.3 Å². The number of benzene rings is 1. The molecule has 150 valence electrons. The molecule has 4 rings (SSSR count). The van der Waals surface area contributed by atoms with Crippen LogP contribution in [-0.2, 0) is 5.54 Å². The van der Waals surface area contributed by atoms with Crippen LogP contribution >= 0.6 is 0 Å². The van der Waals surface area contributed by atoms with Crippen LogP contribution in [0.3, 0.4) is 0 Å². The van der Waals surface area contributed by atoms with Crippen molar-refractivity contribution in [2.24, 2.45) is 0 Å². The number of imidazole rings is 1. The molecular weight excluding hydrogens is 340 g/mol. The lowest BCUT2D eigenvalue weighted by atomic mass is 9.82. The summed E-state index contributed by atoms with van der Waals surface area (Å²) in [7, 11) is 0. The number of fused-ring (bicyclic) bond motifs is 5. The van der Waals surface area contributed by atoms with Crippen LogP contribution in [-0.4, -0.2) is 4.40 Å². The van der Waals surface area contributed by atoms with Gasteiger partial charge in [0.2, 0.25) is 0 Å². The second-order valence-electron chi connectivity index (χ2n) is 9.18. The van der Waals surface area contributed by atoms with Gasteiger partial charge in [-0.15, -0.1) is 0 Å². The molecule has 0 saturated heterocycles. The average molecular weight is 378 g/mol. The summed E-state index contributed by atoms with van der Waals surface area (Å²) >= 11 is 0. The number of rotatable bonds is 0. The van der Waals surface area contributed by atoms with Crippen molar-refractivity contribution in [3.63, 3.8) is 0 Å². The van der Waals surface area contributed by atoms with Gasteiger partial charge in [-0.1, -0.05) is 7.43 Å². The summed E-state index contributed by atoms with van der Waals surface area (Å²) in [5.74, 6) is 1.33. The Hall–Kier alpha value is -2.09. The van der Waals surface area contributed by atoms with Crippen molar-refractivity contribution >= 4 is 5.52 Å². The first-order valence-electron chi connectivity index (χ1n) is 10.1. The highest BCUT2D eigenvalue weighted by atomic mass is 15.2. The van der Waals surface area contributed by atoms with Gasteiger partial charge < -0.3 is 0 Å². The van der Waals surface area contributed by atoms with E-state index in [4.69, 9.17) is 0 Å². The molecule has 0 aliphatic carbocycles. The standard InChI is InChI=1S/C25H33N2.CH4/c1-12-13(2)17(6)22-21(16(12)5)24-23-18(7)14(3)15(4)19(8)26(23)20(9)27(24)25(22,10)11;/h1-11H3;1H4/q+1;. The lowest BCUT2D eigenvalue weighted by Gasteiger charge is -2.23. The van der Waals surface area contributed by atoms with Crippen molar-refractivity contribution in [2.75, 3.05) is 0 Å². The van der Waals surface area contributed by atoms with Crippen molar-refractivity contribution in [2.45, 2.75) is 89.1 Å². The van der Waals surface area contributed by atoms with Crippen molar-refractivity contribution in [1.29, 1.82) is 0 Å². The van der Waals surface area contributed by atoms with E-state index in [-0.39, 0.29) is 13.0 Å². The highest BCUT2D eigenvalue weighted by Crippen LogP contribution is 2.47. The van der Waals surface area contributed by atoms with Crippen molar-refractivity contribution in [1.82, 2.24) is 4.40 Å². The van der Waals surface area contributed by atoms with E-state index in [1.54, 1.807) is 0 Å². The van der Waals surface area contributed by atoms with E-state index >= 15 is 0 Å². The summed E-state index contributed by atoms with van der Waals surface area (Å²) < 4.78 is 5.10. The van der Waals surface area contributed by atoms with Crippen LogP contribution in [0.2, 0.25) is 0 Å². The molecule has 3 heterocycles. The number of hydrogen-bond donors (Lipinski definition) is 0. The van der Waals surface area contributed by atoms with Crippen molar-refractivity contribution in [3.05, 3.63) is 56.0 Å². The molecule has 0 unspecified atom stereocenters. The third-order valence-electron chi connectivity index (χ3n) is 7.77. The Morgan fingerprint density at radius 3 is 1.71 bits per heavy atom. The molecule has 0 radical (unpaired) electrons. The molecule has 0 N–H and O–H groups in total. The number of hydrogen-bond acceptors (Lipinski definition) is 0. The maximum Gasteiger partial charge on any atom is 0.259 e. The molecule has 2 heteroatoms. The molecule has 1 aliphatic heterocycles. The predicted molar refractivity (Wildman–Crippen MR) is 121 cm³/mol. The molecule has 0 fully saturated rings. The van der Waals surface area contributed by atoms with E-state index < -0.39 is 0 Å². The second-order valence-corrected chi connectivity index (χ2v) is 9.18. The van der Waals surface area contributed by atoms with Gasteiger partial charge in [0.25, 0.3) is 5.82 Å². The summed E-state index contributed by atoms with van der Waals surface area (Å²) in [5, 5.41) is 0. The Balaban J connectivity index is 0.00000225. The highest BCUT2D eigenvalue weighted by molar-refractivity contribution is 5.86. The number of aromatic nitrogens is 2. The first-order valence-corrected chi connectivity index (χ1v) is 10.1. The van der Waals surface area contributed by atoms with Crippen molar-refractivity contribution < 1.29 is 4.57 Å². The topological polar surface area (TPSA) is 8.29 Å². The van der Waals surface area contributed by atoms with Gasteiger partial charge >= 0.3 is 0 Å². The fourth-order valence-electron chi connectivity index (χ4n) is 5.69. The minimum Gasteiger partial charge on any atom is -0.217 e. The van der Waals surface area contributed by atoms with Crippen LogP contribution in [0, 0.1) is 62.3 Å². The van der Waals surface area contributed by atoms with E-state index in [0.29, 0.717) is 0 Å². The average Bonchev–Trinajstić information content (AvgIpc) is 3.04. The van der Waals surface area contributed by atoms with Crippen LogP contribution < -0.4 is 4.57 Å². The lowest BCUT2D eigenvalue weighted by molar-refractivity contribution is -0.736. The quantitative estimate of drug-likeness (QED) is 0.401. The van der Waals surface area contributed by atoms with Crippen LogP contribution in [0.5, 0.6) is 0 Å². The van der Waals surface area contributed by atoms with Crippen LogP contribution in [0.4, 0.5) is 0 Å². The monoisotopic (exact) mass is 377 g/mol. The Labute approximate surface area is 171 Å². The zero-order chi connectivity index (χ0) is 20.2. The molecule has 0 atom stereocenters. The van der Waals surface area contributed by atoms with E-state index in [2.05, 4.69) is 85.1 Å². The van der Waals surface area contributed by atoms with Gasteiger partial charge in [-0.05, 0) is 103 Å². The normalized spacial score (nSPS) is 14.2. The molecule has 0 spiro atoms. The zero-order valence-electron chi connectivity index (χ0n) is 18.9. The zero-order valence-corrected chi connectivity index (χ0v) is 18.9. The summed E-state index contributed by atoms with van der Waals surface area (Å²) in [5.41, 5.74) is 17.1. The van der Waals surface area contributed by atoms with Gasteiger partial charge in [0, 0.05) is 23.6 Å². The molecule has 1 aromatic carbocycles. The Morgan fingerprint density at radius 2 is 1.14 bits per heavy atom. The third-order valence-corrected chi connectivity index (χ3v) is 7.77. The molecule has 0 saturated carbocycles. The van der Waals surface area contributed by atoms with Gasteiger partial charge in [-0.25, -0.2) is 4.57 Å². The second kappa shape index (κ2) is 5.95. The lowest BCUT2D eigenvalue weighted by Crippen LogP contribution is -2.52. The van der Waals surface area contributed by atoms with Crippen LogP contribution in [0.1, 0.15) is 77.3 Å². The smallest absolute Gasteiger partial charge is 0.217 e. The fourth-order valence-corrected chi connectivity index (χ4v) is 5.69. The van der Waals surface area contributed by atoms with Gasteiger partial charge in [0.1, 0.15) is 11.2 Å². The third kappa shape index (κ3) is 2.07. The SMILES string of the molecule is C.Cc1c(C)c(C)c2c(c1C)-c1c3c(C)c(C)c(C)c(C)n3c(C)[n+]1C2(C)C. The molecule has 2 aromatic heterocycles. The maximum absolute atomic E-state index is 2.60. The minimum atomic E-state index is -0.0469. The van der Waals surface area contributed by atoms with Gasteiger partial charge in [0.15, 0.2) is 11.2 Å². The van der Waals surface area contributed by atoms with Gasteiger partial charge in [-0.3, -0.25) is 0 Å². The Morgan fingerprint density at radius 1 is 0.643 bits per heavy atom. The van der Waals surface area contributed by atoms with E-state index in [0.717, 1.165) is 0 Å². The fraction of sp³-hybridized carbons (Fsp3) is 0.500. The number of nitrogens with zero attached hydrogens (tertiary/aromatic N) is 2. The first kappa shape index (κ1) is 20.6. The minimum absolute atomic E-state index is 0. The van der Waals surface area contributed by atoms with E-state index in [9.17, 15) is 0 Å². The molecule has 3 aromatic rings. The summed E-state index contributed by atoms with van der Waals surface area (Å²) in [4.78, 5) is 0. The number of aryl methyl sites for hydroxylation is 3. The predicted octanol–water partition coefficient (Wildman–Crippen LogP) is 6.40. The Bertz CT molecular complexity index is 1170. The summed E-state index contributed by atoms with van der Waals surface area (Å²) in [6.07, 6.45) is 0.